The molecule has 7 nitrogen and oxygen atoms in total. The van der Waals surface area contributed by atoms with E-state index in [0.29, 0.717) is 35.9 Å². The lowest BCUT2D eigenvalue weighted by Gasteiger charge is -2.25. The predicted molar refractivity (Wildman–Crippen MR) is 91.5 cm³/mol. The number of hydrogen-bond donors (Lipinski definition) is 1. The van der Waals surface area contributed by atoms with E-state index in [1.54, 1.807) is 35.4 Å². The Balaban J connectivity index is 1.48. The molecule has 0 fully saturated rings. The summed E-state index contributed by atoms with van der Waals surface area (Å²) >= 11 is 1.39. The van der Waals surface area contributed by atoms with Crippen LogP contribution >= 0.6 is 11.3 Å². The second-order valence-corrected chi connectivity index (χ2v) is 6.63. The molecule has 0 spiro atoms. The number of pyridine rings is 1. The summed E-state index contributed by atoms with van der Waals surface area (Å²) < 4.78 is 4.91. The molecule has 3 aromatic heterocycles. The molecular formula is C17H14N4O3S. The van der Waals surface area contributed by atoms with Gasteiger partial charge in [0.1, 0.15) is 12.0 Å². The Morgan fingerprint density at radius 1 is 1.28 bits per heavy atom. The van der Waals surface area contributed by atoms with Gasteiger partial charge in [0.25, 0.3) is 11.8 Å². The first-order valence-electron chi connectivity index (χ1n) is 7.73. The fourth-order valence-corrected chi connectivity index (χ4v) is 3.66. The average molecular weight is 354 g/mol. The quantitative estimate of drug-likeness (QED) is 0.781. The molecule has 8 heteroatoms. The molecule has 1 N–H and O–H groups in total. The number of carbonyl (C=O) groups is 2. The van der Waals surface area contributed by atoms with Crippen LogP contribution < -0.4 is 5.32 Å². The van der Waals surface area contributed by atoms with Gasteiger partial charge in [-0.1, -0.05) is 17.4 Å². The molecule has 0 radical (unpaired) electrons. The smallest absolute Gasteiger partial charge is 0.272 e. The minimum atomic E-state index is -0.263. The zero-order valence-corrected chi connectivity index (χ0v) is 14.0. The molecule has 0 saturated heterocycles. The summed E-state index contributed by atoms with van der Waals surface area (Å²) in [5.74, 6) is -0.357. The third kappa shape index (κ3) is 3.16. The lowest BCUT2D eigenvalue weighted by molar-refractivity contribution is 0.0730. The van der Waals surface area contributed by atoms with E-state index in [2.05, 4.69) is 15.3 Å². The lowest BCUT2D eigenvalue weighted by Crippen LogP contribution is -2.35. The molecule has 0 atom stereocenters. The third-order valence-corrected chi connectivity index (χ3v) is 4.90. The van der Waals surface area contributed by atoms with Gasteiger partial charge in [-0.05, 0) is 18.2 Å². The van der Waals surface area contributed by atoms with Gasteiger partial charge in [0.05, 0.1) is 24.1 Å². The van der Waals surface area contributed by atoms with Gasteiger partial charge in [-0.25, -0.2) is 4.98 Å². The number of hydrogen-bond acceptors (Lipinski definition) is 6. The Bertz CT molecular complexity index is 905. The predicted octanol–water partition coefficient (Wildman–Crippen LogP) is 2.58. The summed E-state index contributed by atoms with van der Waals surface area (Å²) in [6.07, 6.45) is 5.10. The molecule has 25 heavy (non-hydrogen) atoms. The maximum atomic E-state index is 12.5. The maximum absolute atomic E-state index is 12.5. The van der Waals surface area contributed by atoms with Crippen molar-refractivity contribution < 1.29 is 14.0 Å². The Morgan fingerprint density at radius 2 is 2.20 bits per heavy atom. The van der Waals surface area contributed by atoms with Crippen LogP contribution in [0.1, 0.15) is 31.4 Å². The van der Waals surface area contributed by atoms with Crippen LogP contribution in [0.3, 0.4) is 0 Å². The molecule has 126 valence electrons. The highest BCUT2D eigenvalue weighted by molar-refractivity contribution is 7.15. The first-order chi connectivity index (χ1) is 12.2. The number of carbonyl (C=O) groups excluding carboxylic acids is 2. The summed E-state index contributed by atoms with van der Waals surface area (Å²) in [7, 11) is 0. The van der Waals surface area contributed by atoms with Crippen LogP contribution in [0.4, 0.5) is 5.13 Å². The van der Waals surface area contributed by atoms with Crippen LogP contribution in [-0.4, -0.2) is 33.2 Å². The Hall–Kier alpha value is -3.00. The van der Waals surface area contributed by atoms with Crippen LogP contribution in [-0.2, 0) is 13.0 Å². The van der Waals surface area contributed by atoms with Crippen molar-refractivity contribution in [2.75, 3.05) is 11.9 Å². The van der Waals surface area contributed by atoms with Gasteiger partial charge < -0.3 is 9.32 Å². The summed E-state index contributed by atoms with van der Waals surface area (Å²) in [4.78, 5) is 35.9. The number of amides is 2. The number of rotatable bonds is 3. The number of nitrogens with zero attached hydrogens (tertiary/aromatic N) is 3. The molecule has 0 unspecified atom stereocenters. The van der Waals surface area contributed by atoms with E-state index in [-0.39, 0.29) is 11.8 Å². The number of anilines is 1. The lowest BCUT2D eigenvalue weighted by atomic mass is 10.1. The number of furan rings is 1. The fraction of sp³-hybridized carbons (Fsp3) is 0.176. The van der Waals surface area contributed by atoms with Crippen molar-refractivity contribution >= 4 is 28.3 Å². The minimum Gasteiger partial charge on any atom is -0.472 e. The standard InChI is InChI=1S/C17H14N4O3S/c22-15(11-5-8-24-10-11)20-17-19-12-4-7-21(9-14(12)25-17)16(23)13-3-1-2-6-18-13/h1-3,5-6,8,10H,4,7,9H2,(H,19,20,22). The summed E-state index contributed by atoms with van der Waals surface area (Å²) in [6, 6.07) is 6.88. The second kappa shape index (κ2) is 6.48. The number of nitrogens with one attached hydrogen (secondary N) is 1. The zero-order valence-electron chi connectivity index (χ0n) is 13.1. The van der Waals surface area contributed by atoms with Gasteiger partial charge in [0.2, 0.25) is 0 Å². The molecule has 1 aliphatic rings. The molecule has 0 aromatic carbocycles. The number of thiazole rings is 1. The molecule has 4 heterocycles. The van der Waals surface area contributed by atoms with Crippen molar-refractivity contribution in [3.05, 3.63) is 64.8 Å². The molecule has 0 aliphatic carbocycles. The van der Waals surface area contributed by atoms with E-state index >= 15 is 0 Å². The topological polar surface area (TPSA) is 88.3 Å². The van der Waals surface area contributed by atoms with Crippen molar-refractivity contribution in [3.8, 4) is 0 Å². The van der Waals surface area contributed by atoms with E-state index in [4.69, 9.17) is 4.42 Å². The Morgan fingerprint density at radius 3 is 2.96 bits per heavy atom. The largest absolute Gasteiger partial charge is 0.472 e. The zero-order chi connectivity index (χ0) is 17.2. The third-order valence-electron chi connectivity index (χ3n) is 3.91. The average Bonchev–Trinajstić information content (AvgIpc) is 3.30. The monoisotopic (exact) mass is 354 g/mol. The molecular weight excluding hydrogens is 340 g/mol. The number of aromatic nitrogens is 2. The molecule has 3 aromatic rings. The van der Waals surface area contributed by atoms with E-state index in [0.717, 1.165) is 10.6 Å². The van der Waals surface area contributed by atoms with Crippen molar-refractivity contribution in [2.24, 2.45) is 0 Å². The fourth-order valence-electron chi connectivity index (χ4n) is 2.64. The number of fused-ring (bicyclic) bond motifs is 1. The van der Waals surface area contributed by atoms with Gasteiger partial charge in [-0.15, -0.1) is 0 Å². The van der Waals surface area contributed by atoms with Gasteiger partial charge in [-0.3, -0.25) is 19.9 Å². The highest BCUT2D eigenvalue weighted by atomic mass is 32.1. The Kier molecular flexibility index (Phi) is 4.02. The first-order valence-corrected chi connectivity index (χ1v) is 8.55. The highest BCUT2D eigenvalue weighted by Crippen LogP contribution is 2.29. The SMILES string of the molecule is O=C(Nc1nc2c(s1)CN(C(=O)c1ccccn1)CC2)c1ccoc1. The normalized spacial score (nSPS) is 13.4. The first kappa shape index (κ1) is 15.5. The summed E-state index contributed by atoms with van der Waals surface area (Å²) in [6.45, 7) is 1.06. The molecule has 0 bridgehead atoms. The Labute approximate surface area is 147 Å². The summed E-state index contributed by atoms with van der Waals surface area (Å²) in [5, 5.41) is 3.30. The van der Waals surface area contributed by atoms with Crippen molar-refractivity contribution in [2.45, 2.75) is 13.0 Å². The highest BCUT2D eigenvalue weighted by Gasteiger charge is 2.26. The van der Waals surface area contributed by atoms with Crippen molar-refractivity contribution in [1.29, 1.82) is 0 Å². The van der Waals surface area contributed by atoms with Crippen molar-refractivity contribution in [1.82, 2.24) is 14.9 Å². The van der Waals surface area contributed by atoms with Crippen LogP contribution in [0.5, 0.6) is 0 Å². The van der Waals surface area contributed by atoms with E-state index in [9.17, 15) is 9.59 Å². The van der Waals surface area contributed by atoms with Crippen LogP contribution in [0.2, 0.25) is 0 Å². The van der Waals surface area contributed by atoms with E-state index < -0.39 is 0 Å². The van der Waals surface area contributed by atoms with Gasteiger partial charge >= 0.3 is 0 Å². The van der Waals surface area contributed by atoms with Gasteiger partial charge in [0.15, 0.2) is 5.13 Å². The van der Waals surface area contributed by atoms with E-state index in [1.807, 2.05) is 0 Å². The van der Waals surface area contributed by atoms with E-state index in [1.165, 1.54) is 23.9 Å². The van der Waals surface area contributed by atoms with Crippen molar-refractivity contribution in [3.63, 3.8) is 0 Å². The van der Waals surface area contributed by atoms with Crippen LogP contribution in [0.15, 0.2) is 47.4 Å². The maximum Gasteiger partial charge on any atom is 0.272 e. The minimum absolute atomic E-state index is 0.0939. The molecule has 0 saturated carbocycles. The molecule has 4 rings (SSSR count). The molecule has 2 amide bonds. The second-order valence-electron chi connectivity index (χ2n) is 5.55. The van der Waals surface area contributed by atoms with Crippen LogP contribution in [0, 0.1) is 0 Å². The summed E-state index contributed by atoms with van der Waals surface area (Å²) in [5.41, 5.74) is 1.81. The molecule has 1 aliphatic heterocycles. The van der Waals surface area contributed by atoms with Gasteiger partial charge in [0, 0.05) is 24.0 Å². The van der Waals surface area contributed by atoms with Gasteiger partial charge in [-0.2, -0.15) is 0 Å². The van der Waals surface area contributed by atoms with Crippen LogP contribution in [0.25, 0.3) is 0 Å².